The zero-order valence-corrected chi connectivity index (χ0v) is 8.90. The number of hydrogen-bond donors (Lipinski definition) is 2. The van der Waals surface area contributed by atoms with E-state index in [-0.39, 0.29) is 11.9 Å². The fourth-order valence-electron chi connectivity index (χ4n) is 0.918. The number of carbonyl (C=O) groups is 1. The second-order valence-corrected chi connectivity index (χ2v) is 3.83. The molecule has 0 rings (SSSR count). The molecule has 0 aliphatic carbocycles. The van der Waals surface area contributed by atoms with Crippen molar-refractivity contribution in [1.82, 2.24) is 5.32 Å². The van der Waals surface area contributed by atoms with Gasteiger partial charge in [0.05, 0.1) is 6.04 Å². The smallest absolute Gasteiger partial charge is 0.234 e. The van der Waals surface area contributed by atoms with Gasteiger partial charge in [0.1, 0.15) is 0 Å². The van der Waals surface area contributed by atoms with E-state index in [1.165, 1.54) is 0 Å². The van der Waals surface area contributed by atoms with Gasteiger partial charge in [0, 0.05) is 18.1 Å². The molecule has 0 heterocycles. The van der Waals surface area contributed by atoms with Crippen molar-refractivity contribution < 1.29 is 4.79 Å². The third-order valence-corrected chi connectivity index (χ3v) is 2.59. The molecule has 0 aliphatic rings. The van der Waals surface area contributed by atoms with Crippen LogP contribution in [0.3, 0.4) is 0 Å². The van der Waals surface area contributed by atoms with Crippen molar-refractivity contribution in [1.29, 1.82) is 0 Å². The highest BCUT2D eigenvalue weighted by Crippen LogP contribution is 1.98. The average Bonchev–Trinajstić information content (AvgIpc) is 2.10. The lowest BCUT2D eigenvalue weighted by Gasteiger charge is -2.12. The van der Waals surface area contributed by atoms with E-state index in [9.17, 15) is 4.79 Å². The quantitative estimate of drug-likeness (QED) is 0.451. The van der Waals surface area contributed by atoms with Gasteiger partial charge in [-0.05, 0) is 6.42 Å². The fraction of sp³-hybridized carbons (Fsp3) is 0.667. The molecular weight excluding hydrogens is 184 g/mol. The first-order valence-electron chi connectivity index (χ1n) is 4.43. The molecule has 0 spiro atoms. The predicted molar refractivity (Wildman–Crippen MR) is 58.8 cm³/mol. The number of hydrogen-bond acceptors (Lipinski definition) is 3. The summed E-state index contributed by atoms with van der Waals surface area (Å²) in [6, 6.07) is -0.177. The second-order valence-electron chi connectivity index (χ2n) is 2.68. The summed E-state index contributed by atoms with van der Waals surface area (Å²) in [6.07, 6.45) is 2.62. The Morgan fingerprint density at radius 2 is 2.46 bits per heavy atom. The summed E-state index contributed by atoms with van der Waals surface area (Å²) >= 11 is 1.78. The number of amides is 1. The Kier molecular flexibility index (Phi) is 7.83. The maximum atomic E-state index is 10.8. The standard InChI is InChI=1S/C9H18N2OS/c1-3-6-13-7-5-11-8(4-2)9(10)12/h3,8,11H,1,4-7H2,2H3,(H2,10,12). The van der Waals surface area contributed by atoms with Gasteiger partial charge in [-0.2, -0.15) is 11.8 Å². The van der Waals surface area contributed by atoms with Crippen LogP contribution >= 0.6 is 11.8 Å². The highest BCUT2D eigenvalue weighted by atomic mass is 32.2. The van der Waals surface area contributed by atoms with Crippen LogP contribution in [0.4, 0.5) is 0 Å². The molecule has 0 aromatic rings. The van der Waals surface area contributed by atoms with Gasteiger partial charge in [-0.15, -0.1) is 6.58 Å². The van der Waals surface area contributed by atoms with Gasteiger partial charge >= 0.3 is 0 Å². The maximum Gasteiger partial charge on any atom is 0.234 e. The Morgan fingerprint density at radius 1 is 1.77 bits per heavy atom. The SMILES string of the molecule is C=CCSCCNC(CC)C(N)=O. The van der Waals surface area contributed by atoms with Crippen molar-refractivity contribution in [2.75, 3.05) is 18.1 Å². The Bertz CT molecular complexity index is 162. The van der Waals surface area contributed by atoms with Gasteiger partial charge in [-0.3, -0.25) is 4.79 Å². The van der Waals surface area contributed by atoms with Crippen LogP contribution < -0.4 is 11.1 Å². The van der Waals surface area contributed by atoms with Crippen LogP contribution in [-0.2, 0) is 4.79 Å². The summed E-state index contributed by atoms with van der Waals surface area (Å²) < 4.78 is 0. The number of rotatable bonds is 8. The molecule has 0 radical (unpaired) electrons. The Hall–Kier alpha value is -0.480. The van der Waals surface area contributed by atoms with Crippen molar-refractivity contribution >= 4 is 17.7 Å². The van der Waals surface area contributed by atoms with Crippen molar-refractivity contribution in [3.05, 3.63) is 12.7 Å². The van der Waals surface area contributed by atoms with Crippen LogP contribution in [0.2, 0.25) is 0 Å². The van der Waals surface area contributed by atoms with E-state index in [0.717, 1.165) is 24.5 Å². The molecular formula is C9H18N2OS. The Morgan fingerprint density at radius 3 is 2.92 bits per heavy atom. The summed E-state index contributed by atoms with van der Waals surface area (Å²) in [4.78, 5) is 10.8. The summed E-state index contributed by atoms with van der Waals surface area (Å²) in [6.45, 7) is 6.39. The molecule has 0 aromatic carbocycles. The monoisotopic (exact) mass is 202 g/mol. The highest BCUT2D eigenvalue weighted by molar-refractivity contribution is 7.99. The molecule has 13 heavy (non-hydrogen) atoms. The number of nitrogens with two attached hydrogens (primary N) is 1. The molecule has 1 atom stereocenters. The lowest BCUT2D eigenvalue weighted by atomic mass is 10.2. The van der Waals surface area contributed by atoms with Crippen molar-refractivity contribution in [2.24, 2.45) is 5.73 Å². The third kappa shape index (κ3) is 6.66. The van der Waals surface area contributed by atoms with Crippen molar-refractivity contribution in [2.45, 2.75) is 19.4 Å². The van der Waals surface area contributed by atoms with Crippen LogP contribution in [0.15, 0.2) is 12.7 Å². The molecule has 1 unspecified atom stereocenters. The molecule has 3 N–H and O–H groups in total. The molecule has 0 saturated heterocycles. The zero-order chi connectivity index (χ0) is 10.1. The predicted octanol–water partition coefficient (Wildman–Crippen LogP) is 0.759. The van der Waals surface area contributed by atoms with E-state index < -0.39 is 0 Å². The molecule has 0 saturated carbocycles. The third-order valence-electron chi connectivity index (χ3n) is 1.62. The fourth-order valence-corrected chi connectivity index (χ4v) is 1.51. The summed E-state index contributed by atoms with van der Waals surface area (Å²) in [5.74, 6) is 1.67. The van der Waals surface area contributed by atoms with Crippen LogP contribution in [0.25, 0.3) is 0 Å². The van der Waals surface area contributed by atoms with Crippen LogP contribution in [0, 0.1) is 0 Å². The van der Waals surface area contributed by atoms with Gasteiger partial charge in [0.15, 0.2) is 0 Å². The maximum absolute atomic E-state index is 10.8. The minimum absolute atomic E-state index is 0.177. The topological polar surface area (TPSA) is 55.1 Å². The highest BCUT2D eigenvalue weighted by Gasteiger charge is 2.10. The molecule has 4 heteroatoms. The van der Waals surface area contributed by atoms with Crippen LogP contribution in [0.1, 0.15) is 13.3 Å². The molecule has 0 aliphatic heterocycles. The van der Waals surface area contributed by atoms with Crippen molar-refractivity contribution in [3.8, 4) is 0 Å². The molecule has 0 bridgehead atoms. The first kappa shape index (κ1) is 12.5. The van der Waals surface area contributed by atoms with Gasteiger partial charge in [0.25, 0.3) is 0 Å². The minimum atomic E-state index is -0.267. The molecule has 0 fully saturated rings. The molecule has 76 valence electrons. The van der Waals surface area contributed by atoms with E-state index in [1.54, 1.807) is 11.8 Å². The minimum Gasteiger partial charge on any atom is -0.368 e. The Balaban J connectivity index is 3.38. The second kappa shape index (κ2) is 8.13. The van der Waals surface area contributed by atoms with Crippen molar-refractivity contribution in [3.63, 3.8) is 0 Å². The molecule has 3 nitrogen and oxygen atoms in total. The number of carbonyl (C=O) groups excluding carboxylic acids is 1. The van der Waals surface area contributed by atoms with Gasteiger partial charge in [-0.1, -0.05) is 13.0 Å². The first-order chi connectivity index (χ1) is 6.22. The lowest BCUT2D eigenvalue weighted by Crippen LogP contribution is -2.41. The lowest BCUT2D eigenvalue weighted by molar-refractivity contribution is -0.120. The first-order valence-corrected chi connectivity index (χ1v) is 5.59. The molecule has 0 aromatic heterocycles. The van der Waals surface area contributed by atoms with Gasteiger partial charge in [-0.25, -0.2) is 0 Å². The number of primary amides is 1. The number of nitrogens with one attached hydrogen (secondary N) is 1. The van der Waals surface area contributed by atoms with Gasteiger partial charge < -0.3 is 11.1 Å². The van der Waals surface area contributed by atoms with Crippen LogP contribution in [-0.4, -0.2) is 30.0 Å². The summed E-state index contributed by atoms with van der Waals surface area (Å²) in [5, 5.41) is 3.10. The van der Waals surface area contributed by atoms with E-state index in [1.807, 2.05) is 13.0 Å². The zero-order valence-electron chi connectivity index (χ0n) is 8.08. The number of thioether (sulfide) groups is 1. The largest absolute Gasteiger partial charge is 0.368 e. The summed E-state index contributed by atoms with van der Waals surface area (Å²) in [5.41, 5.74) is 5.16. The van der Waals surface area contributed by atoms with E-state index in [4.69, 9.17) is 5.73 Å². The molecule has 1 amide bonds. The summed E-state index contributed by atoms with van der Waals surface area (Å²) in [7, 11) is 0. The van der Waals surface area contributed by atoms with Crippen LogP contribution in [0.5, 0.6) is 0 Å². The van der Waals surface area contributed by atoms with Gasteiger partial charge in [0.2, 0.25) is 5.91 Å². The normalized spacial score (nSPS) is 12.4. The van der Waals surface area contributed by atoms with E-state index >= 15 is 0 Å². The van der Waals surface area contributed by atoms with E-state index in [0.29, 0.717) is 0 Å². The average molecular weight is 202 g/mol. The Labute approximate surface area is 84.1 Å². The van der Waals surface area contributed by atoms with E-state index in [2.05, 4.69) is 11.9 Å².